The van der Waals surface area contributed by atoms with Gasteiger partial charge < -0.3 is 10.4 Å². The van der Waals surface area contributed by atoms with Crippen molar-refractivity contribution < 1.29 is 9.90 Å². The number of hydrogen-bond acceptors (Lipinski definition) is 3. The fourth-order valence-corrected chi connectivity index (χ4v) is 2.73. The number of carboxylic acid groups (broad SMARTS) is 1. The second-order valence-electron chi connectivity index (χ2n) is 4.39. The summed E-state index contributed by atoms with van der Waals surface area (Å²) in [4.78, 5) is 13.1. The molecule has 2 rings (SSSR count). The predicted octanol–water partition coefficient (Wildman–Crippen LogP) is 0.286. The van der Waals surface area contributed by atoms with Crippen LogP contribution >= 0.6 is 0 Å². The van der Waals surface area contributed by atoms with Crippen LogP contribution in [0.4, 0.5) is 0 Å². The second kappa shape index (κ2) is 3.87. The molecule has 0 saturated carbocycles. The van der Waals surface area contributed by atoms with Gasteiger partial charge in [0.1, 0.15) is 0 Å². The smallest absolute Gasteiger partial charge is 0.304 e. The van der Waals surface area contributed by atoms with Crippen LogP contribution in [0.25, 0.3) is 0 Å². The molecule has 0 amide bonds. The zero-order chi connectivity index (χ0) is 10.1. The SMILES string of the molecule is CC1C(CC(=O)O)NCC2CCCN21. The molecule has 0 aromatic carbocycles. The Kier molecular flexibility index (Phi) is 2.74. The van der Waals surface area contributed by atoms with E-state index in [0.717, 1.165) is 13.1 Å². The van der Waals surface area contributed by atoms with Gasteiger partial charge in [0.05, 0.1) is 6.42 Å². The quantitative estimate of drug-likeness (QED) is 0.669. The number of carboxylic acids is 1. The van der Waals surface area contributed by atoms with Crippen molar-refractivity contribution in [3.05, 3.63) is 0 Å². The van der Waals surface area contributed by atoms with E-state index in [4.69, 9.17) is 5.11 Å². The van der Waals surface area contributed by atoms with Gasteiger partial charge in [-0.3, -0.25) is 9.69 Å². The molecule has 2 fully saturated rings. The fraction of sp³-hybridized carbons (Fsp3) is 0.900. The van der Waals surface area contributed by atoms with Crippen molar-refractivity contribution in [1.29, 1.82) is 0 Å². The Morgan fingerprint density at radius 2 is 2.43 bits per heavy atom. The van der Waals surface area contributed by atoms with E-state index in [1.807, 2.05) is 0 Å². The maximum atomic E-state index is 10.6. The summed E-state index contributed by atoms with van der Waals surface area (Å²) < 4.78 is 0. The van der Waals surface area contributed by atoms with E-state index in [9.17, 15) is 4.79 Å². The molecule has 0 aliphatic carbocycles. The minimum atomic E-state index is -0.702. The molecule has 2 aliphatic heterocycles. The maximum Gasteiger partial charge on any atom is 0.304 e. The van der Waals surface area contributed by atoms with Crippen LogP contribution < -0.4 is 5.32 Å². The van der Waals surface area contributed by atoms with Crippen LogP contribution in [0, 0.1) is 0 Å². The molecule has 80 valence electrons. The lowest BCUT2D eigenvalue weighted by atomic mass is 9.99. The van der Waals surface area contributed by atoms with E-state index >= 15 is 0 Å². The topological polar surface area (TPSA) is 52.6 Å². The van der Waals surface area contributed by atoms with E-state index < -0.39 is 5.97 Å². The highest BCUT2D eigenvalue weighted by Crippen LogP contribution is 2.25. The zero-order valence-corrected chi connectivity index (χ0v) is 8.57. The Morgan fingerprint density at radius 1 is 1.64 bits per heavy atom. The van der Waals surface area contributed by atoms with E-state index in [-0.39, 0.29) is 12.5 Å². The van der Waals surface area contributed by atoms with Gasteiger partial charge in [0.15, 0.2) is 0 Å². The van der Waals surface area contributed by atoms with Gasteiger partial charge in [-0.2, -0.15) is 0 Å². The van der Waals surface area contributed by atoms with E-state index in [1.54, 1.807) is 0 Å². The second-order valence-corrected chi connectivity index (χ2v) is 4.39. The number of hydrogen-bond donors (Lipinski definition) is 2. The molecule has 2 N–H and O–H groups in total. The lowest BCUT2D eigenvalue weighted by Gasteiger charge is -2.41. The number of nitrogens with zero attached hydrogens (tertiary/aromatic N) is 1. The van der Waals surface area contributed by atoms with Crippen LogP contribution in [0.15, 0.2) is 0 Å². The van der Waals surface area contributed by atoms with Crippen molar-refractivity contribution in [1.82, 2.24) is 10.2 Å². The number of aliphatic carboxylic acids is 1. The van der Waals surface area contributed by atoms with Crippen LogP contribution in [-0.4, -0.2) is 47.2 Å². The molecule has 0 radical (unpaired) electrons. The average Bonchev–Trinajstić information content (AvgIpc) is 2.57. The summed E-state index contributed by atoms with van der Waals surface area (Å²) in [5.41, 5.74) is 0. The van der Waals surface area contributed by atoms with Crippen molar-refractivity contribution in [2.45, 2.75) is 44.3 Å². The summed E-state index contributed by atoms with van der Waals surface area (Å²) in [5.74, 6) is -0.702. The number of rotatable bonds is 2. The van der Waals surface area contributed by atoms with Gasteiger partial charge in [-0.1, -0.05) is 0 Å². The molecular weight excluding hydrogens is 180 g/mol. The molecule has 2 saturated heterocycles. The molecule has 0 aromatic heterocycles. The van der Waals surface area contributed by atoms with Crippen LogP contribution in [0.2, 0.25) is 0 Å². The van der Waals surface area contributed by atoms with Crippen molar-refractivity contribution in [2.24, 2.45) is 0 Å². The standard InChI is InChI=1S/C10H18N2O2/c1-7-9(5-10(13)14)11-6-8-3-2-4-12(7)8/h7-9,11H,2-6H2,1H3,(H,13,14). The Balaban J connectivity index is 1.98. The van der Waals surface area contributed by atoms with E-state index in [2.05, 4.69) is 17.1 Å². The third-order valence-corrected chi connectivity index (χ3v) is 3.54. The largest absolute Gasteiger partial charge is 0.481 e. The lowest BCUT2D eigenvalue weighted by molar-refractivity contribution is -0.138. The lowest BCUT2D eigenvalue weighted by Crippen LogP contribution is -2.59. The first-order chi connectivity index (χ1) is 6.68. The van der Waals surface area contributed by atoms with Gasteiger partial charge in [0.25, 0.3) is 0 Å². The number of carbonyl (C=O) groups is 1. The molecule has 2 heterocycles. The van der Waals surface area contributed by atoms with Gasteiger partial charge in [0.2, 0.25) is 0 Å². The molecule has 0 aromatic rings. The van der Waals surface area contributed by atoms with Crippen molar-refractivity contribution in [3.63, 3.8) is 0 Å². The van der Waals surface area contributed by atoms with Crippen LogP contribution in [0.5, 0.6) is 0 Å². The molecule has 0 spiro atoms. The molecule has 2 aliphatic rings. The van der Waals surface area contributed by atoms with Crippen molar-refractivity contribution in [2.75, 3.05) is 13.1 Å². The molecule has 4 nitrogen and oxygen atoms in total. The van der Waals surface area contributed by atoms with Gasteiger partial charge in [0, 0.05) is 24.7 Å². The highest BCUT2D eigenvalue weighted by molar-refractivity contribution is 5.67. The van der Waals surface area contributed by atoms with Gasteiger partial charge in [-0.05, 0) is 26.3 Å². The number of piperazine rings is 1. The van der Waals surface area contributed by atoms with E-state index in [0.29, 0.717) is 12.1 Å². The molecule has 3 atom stereocenters. The number of fused-ring (bicyclic) bond motifs is 1. The third kappa shape index (κ3) is 1.77. The van der Waals surface area contributed by atoms with Crippen LogP contribution in [0.1, 0.15) is 26.2 Å². The minimum Gasteiger partial charge on any atom is -0.481 e. The molecule has 14 heavy (non-hydrogen) atoms. The molecular formula is C10H18N2O2. The highest BCUT2D eigenvalue weighted by atomic mass is 16.4. The summed E-state index contributed by atoms with van der Waals surface area (Å²) in [7, 11) is 0. The summed E-state index contributed by atoms with van der Waals surface area (Å²) in [6.45, 7) is 4.24. The molecule has 3 unspecified atom stereocenters. The van der Waals surface area contributed by atoms with Crippen LogP contribution in [0.3, 0.4) is 0 Å². The van der Waals surface area contributed by atoms with Gasteiger partial charge in [-0.25, -0.2) is 0 Å². The summed E-state index contributed by atoms with van der Waals surface area (Å²) in [5, 5.41) is 12.1. The monoisotopic (exact) mass is 198 g/mol. The normalized spacial score (nSPS) is 38.2. The fourth-order valence-electron chi connectivity index (χ4n) is 2.73. The first-order valence-electron chi connectivity index (χ1n) is 5.39. The highest BCUT2D eigenvalue weighted by Gasteiger charge is 2.37. The Labute approximate surface area is 84.3 Å². The Hall–Kier alpha value is -0.610. The summed E-state index contributed by atoms with van der Waals surface area (Å²) >= 11 is 0. The third-order valence-electron chi connectivity index (χ3n) is 3.54. The first kappa shape index (κ1) is 9.93. The maximum absolute atomic E-state index is 10.6. The van der Waals surface area contributed by atoms with Crippen molar-refractivity contribution >= 4 is 5.97 Å². The number of nitrogens with one attached hydrogen (secondary N) is 1. The first-order valence-corrected chi connectivity index (χ1v) is 5.39. The minimum absolute atomic E-state index is 0.127. The van der Waals surface area contributed by atoms with E-state index in [1.165, 1.54) is 12.8 Å². The van der Waals surface area contributed by atoms with Gasteiger partial charge >= 0.3 is 5.97 Å². The molecule has 0 bridgehead atoms. The van der Waals surface area contributed by atoms with Crippen molar-refractivity contribution in [3.8, 4) is 0 Å². The Morgan fingerprint density at radius 3 is 3.14 bits per heavy atom. The summed E-state index contributed by atoms with van der Waals surface area (Å²) in [6, 6.07) is 1.14. The Bertz CT molecular complexity index is 232. The zero-order valence-electron chi connectivity index (χ0n) is 8.57. The predicted molar refractivity (Wildman–Crippen MR) is 53.2 cm³/mol. The summed E-state index contributed by atoms with van der Waals surface area (Å²) in [6.07, 6.45) is 2.76. The van der Waals surface area contributed by atoms with Crippen LogP contribution in [-0.2, 0) is 4.79 Å². The molecule has 4 heteroatoms. The van der Waals surface area contributed by atoms with Gasteiger partial charge in [-0.15, -0.1) is 0 Å². The average molecular weight is 198 g/mol.